The summed E-state index contributed by atoms with van der Waals surface area (Å²) in [7, 11) is -2.94. The van der Waals surface area contributed by atoms with E-state index in [-0.39, 0.29) is 23.5 Å². The van der Waals surface area contributed by atoms with Gasteiger partial charge in [0.2, 0.25) is 5.91 Å². The van der Waals surface area contributed by atoms with E-state index in [0.29, 0.717) is 25.9 Å². The lowest BCUT2D eigenvalue weighted by molar-refractivity contribution is -0.133. The number of hydrogen-bond donors (Lipinski definition) is 0. The molecular formula is C13H20N2O3S. The van der Waals surface area contributed by atoms with Crippen LogP contribution in [-0.2, 0) is 21.2 Å². The number of carbonyl (C=O) groups excluding carboxylic acids is 1. The molecule has 1 aliphatic rings. The van der Waals surface area contributed by atoms with Crippen LogP contribution in [0.3, 0.4) is 0 Å². The molecule has 1 unspecified atom stereocenters. The van der Waals surface area contributed by atoms with Gasteiger partial charge in [0, 0.05) is 37.9 Å². The molecule has 0 spiro atoms. The molecule has 1 amide bonds. The van der Waals surface area contributed by atoms with E-state index in [4.69, 9.17) is 0 Å². The monoisotopic (exact) mass is 284 g/mol. The largest absolute Gasteiger partial charge is 0.354 e. The molecule has 1 aromatic rings. The molecule has 0 aromatic carbocycles. The molecule has 1 atom stereocenters. The Bertz CT molecular complexity index is 522. The van der Waals surface area contributed by atoms with Crippen molar-refractivity contribution in [2.75, 3.05) is 18.1 Å². The molecule has 5 nitrogen and oxygen atoms in total. The fourth-order valence-corrected chi connectivity index (χ4v) is 4.28. The third-order valence-electron chi connectivity index (χ3n) is 3.56. The van der Waals surface area contributed by atoms with Gasteiger partial charge >= 0.3 is 0 Å². The highest BCUT2D eigenvalue weighted by molar-refractivity contribution is 7.91. The van der Waals surface area contributed by atoms with E-state index in [9.17, 15) is 13.2 Å². The minimum Gasteiger partial charge on any atom is -0.354 e. The summed E-state index contributed by atoms with van der Waals surface area (Å²) in [6, 6.07) is 3.71. The summed E-state index contributed by atoms with van der Waals surface area (Å²) in [5.74, 6) is 0.369. The second-order valence-corrected chi connectivity index (χ2v) is 7.14. The van der Waals surface area contributed by atoms with Crippen molar-refractivity contribution in [3.05, 3.63) is 24.5 Å². The maximum Gasteiger partial charge on any atom is 0.224 e. The van der Waals surface area contributed by atoms with E-state index >= 15 is 0 Å². The Kier molecular flexibility index (Phi) is 4.29. The van der Waals surface area contributed by atoms with E-state index in [1.54, 1.807) is 4.90 Å². The number of hydrogen-bond acceptors (Lipinski definition) is 3. The first-order chi connectivity index (χ1) is 9.02. The van der Waals surface area contributed by atoms with Gasteiger partial charge in [0.15, 0.2) is 9.84 Å². The van der Waals surface area contributed by atoms with Gasteiger partial charge in [-0.15, -0.1) is 0 Å². The molecule has 2 rings (SSSR count). The van der Waals surface area contributed by atoms with Crippen molar-refractivity contribution < 1.29 is 13.2 Å². The van der Waals surface area contributed by atoms with Gasteiger partial charge in [-0.25, -0.2) is 8.42 Å². The molecule has 106 valence electrons. The van der Waals surface area contributed by atoms with Crippen LogP contribution in [0, 0.1) is 0 Å². The van der Waals surface area contributed by atoms with Crippen LogP contribution in [0.25, 0.3) is 0 Å². The zero-order valence-corrected chi connectivity index (χ0v) is 12.0. The Labute approximate surface area is 114 Å². The van der Waals surface area contributed by atoms with Gasteiger partial charge < -0.3 is 9.47 Å². The van der Waals surface area contributed by atoms with Crippen LogP contribution >= 0.6 is 0 Å². The quantitative estimate of drug-likeness (QED) is 0.807. The zero-order valence-electron chi connectivity index (χ0n) is 11.2. The van der Waals surface area contributed by atoms with E-state index in [1.165, 1.54) is 0 Å². The van der Waals surface area contributed by atoms with Gasteiger partial charge in [0.05, 0.1) is 11.5 Å². The Balaban J connectivity index is 1.92. The zero-order chi connectivity index (χ0) is 13.9. The predicted molar refractivity (Wildman–Crippen MR) is 73.5 cm³/mol. The lowest BCUT2D eigenvalue weighted by Gasteiger charge is -2.27. The Morgan fingerprint density at radius 1 is 1.37 bits per heavy atom. The first-order valence-electron chi connectivity index (χ1n) is 6.62. The van der Waals surface area contributed by atoms with Crippen LogP contribution in [0.2, 0.25) is 0 Å². The van der Waals surface area contributed by atoms with Crippen molar-refractivity contribution in [3.63, 3.8) is 0 Å². The number of rotatable bonds is 5. The van der Waals surface area contributed by atoms with Gasteiger partial charge in [0.1, 0.15) is 0 Å². The van der Waals surface area contributed by atoms with Gasteiger partial charge in [-0.1, -0.05) is 0 Å². The van der Waals surface area contributed by atoms with E-state index in [0.717, 1.165) is 0 Å². The standard InChI is InChI=1S/C13H20N2O3S/c1-2-15(12-6-10-19(17,18)11-12)13(16)5-9-14-7-3-4-8-14/h3-4,7-8,12H,2,5-6,9-11H2,1H3. The summed E-state index contributed by atoms with van der Waals surface area (Å²) in [6.45, 7) is 3.12. The topological polar surface area (TPSA) is 59.4 Å². The predicted octanol–water partition coefficient (Wildman–Crippen LogP) is 0.914. The molecule has 1 aliphatic heterocycles. The molecule has 0 N–H and O–H groups in total. The lowest BCUT2D eigenvalue weighted by Crippen LogP contribution is -2.41. The van der Waals surface area contributed by atoms with Gasteiger partial charge in [-0.05, 0) is 25.5 Å². The lowest BCUT2D eigenvalue weighted by atomic mass is 10.2. The van der Waals surface area contributed by atoms with E-state index < -0.39 is 9.84 Å². The Morgan fingerprint density at radius 3 is 2.58 bits per heavy atom. The van der Waals surface area contributed by atoms with Crippen LogP contribution in [0.1, 0.15) is 19.8 Å². The summed E-state index contributed by atoms with van der Waals surface area (Å²) in [5.41, 5.74) is 0. The summed E-state index contributed by atoms with van der Waals surface area (Å²) >= 11 is 0. The molecule has 0 aliphatic carbocycles. The van der Waals surface area contributed by atoms with Gasteiger partial charge in [-0.3, -0.25) is 4.79 Å². The molecule has 1 saturated heterocycles. The summed E-state index contributed by atoms with van der Waals surface area (Å²) < 4.78 is 24.9. The maximum atomic E-state index is 12.2. The van der Waals surface area contributed by atoms with Gasteiger partial charge in [-0.2, -0.15) is 0 Å². The van der Waals surface area contributed by atoms with Crippen LogP contribution in [0.4, 0.5) is 0 Å². The van der Waals surface area contributed by atoms with E-state index in [1.807, 2.05) is 36.0 Å². The van der Waals surface area contributed by atoms with Crippen LogP contribution in [0.5, 0.6) is 0 Å². The number of nitrogens with zero attached hydrogens (tertiary/aromatic N) is 2. The second kappa shape index (κ2) is 5.77. The van der Waals surface area contributed by atoms with Crippen molar-refractivity contribution >= 4 is 15.7 Å². The number of amides is 1. The van der Waals surface area contributed by atoms with Crippen molar-refractivity contribution in [2.24, 2.45) is 0 Å². The van der Waals surface area contributed by atoms with Crippen LogP contribution in [0.15, 0.2) is 24.5 Å². The molecule has 1 aromatic heterocycles. The molecule has 0 radical (unpaired) electrons. The fraction of sp³-hybridized carbons (Fsp3) is 0.615. The molecular weight excluding hydrogens is 264 g/mol. The summed E-state index contributed by atoms with van der Waals surface area (Å²) in [5, 5.41) is 0. The molecule has 2 heterocycles. The highest BCUT2D eigenvalue weighted by atomic mass is 32.2. The fourth-order valence-electron chi connectivity index (χ4n) is 2.55. The van der Waals surface area contributed by atoms with Crippen molar-refractivity contribution in [1.29, 1.82) is 0 Å². The molecule has 1 fully saturated rings. The van der Waals surface area contributed by atoms with Crippen molar-refractivity contribution in [1.82, 2.24) is 9.47 Å². The number of sulfone groups is 1. The highest BCUT2D eigenvalue weighted by Crippen LogP contribution is 2.18. The number of aryl methyl sites for hydroxylation is 1. The van der Waals surface area contributed by atoms with Crippen LogP contribution in [-0.4, -0.2) is 47.9 Å². The smallest absolute Gasteiger partial charge is 0.224 e. The molecule has 0 saturated carbocycles. The summed E-state index contributed by atoms with van der Waals surface area (Å²) in [4.78, 5) is 13.9. The van der Waals surface area contributed by atoms with Gasteiger partial charge in [0.25, 0.3) is 0 Å². The van der Waals surface area contributed by atoms with Crippen molar-refractivity contribution in [3.8, 4) is 0 Å². The van der Waals surface area contributed by atoms with Crippen LogP contribution < -0.4 is 0 Å². The minimum atomic E-state index is -2.94. The minimum absolute atomic E-state index is 0.0401. The second-order valence-electron chi connectivity index (χ2n) is 4.91. The molecule has 19 heavy (non-hydrogen) atoms. The first-order valence-corrected chi connectivity index (χ1v) is 8.44. The Hall–Kier alpha value is -1.30. The SMILES string of the molecule is CCN(C(=O)CCn1cccc1)C1CCS(=O)(=O)C1. The maximum absolute atomic E-state index is 12.2. The number of aromatic nitrogens is 1. The average molecular weight is 284 g/mol. The molecule has 6 heteroatoms. The first kappa shape index (κ1) is 14.1. The third kappa shape index (κ3) is 3.59. The van der Waals surface area contributed by atoms with Crippen molar-refractivity contribution in [2.45, 2.75) is 32.4 Å². The number of carbonyl (C=O) groups is 1. The average Bonchev–Trinajstić information content (AvgIpc) is 2.97. The normalized spacial score (nSPS) is 21.4. The summed E-state index contributed by atoms with van der Waals surface area (Å²) in [6.07, 6.45) is 4.83. The Morgan fingerprint density at radius 2 is 2.05 bits per heavy atom. The third-order valence-corrected chi connectivity index (χ3v) is 5.31. The highest BCUT2D eigenvalue weighted by Gasteiger charge is 2.33. The van der Waals surface area contributed by atoms with E-state index in [2.05, 4.69) is 0 Å². The molecule has 0 bridgehead atoms.